The van der Waals surface area contributed by atoms with E-state index in [1.54, 1.807) is 6.07 Å². The van der Waals surface area contributed by atoms with Gasteiger partial charge in [-0.1, -0.05) is 11.6 Å². The quantitative estimate of drug-likeness (QED) is 0.686. The molecule has 1 nitrogen and oxygen atoms in total. The molecule has 1 aromatic heterocycles. The Labute approximate surface area is 107 Å². The second-order valence-corrected chi connectivity index (χ2v) is 5.08. The Morgan fingerprint density at radius 3 is 2.56 bits per heavy atom. The lowest BCUT2D eigenvalue weighted by Crippen LogP contribution is -1.96. The molecule has 0 spiro atoms. The first-order chi connectivity index (χ1) is 7.43. The number of hydrogen-bond acceptors (Lipinski definition) is 1. The molecule has 0 aliphatic carbocycles. The van der Waals surface area contributed by atoms with E-state index in [2.05, 4.69) is 20.9 Å². The van der Waals surface area contributed by atoms with Crippen LogP contribution in [0.15, 0.2) is 10.5 Å². The summed E-state index contributed by atoms with van der Waals surface area (Å²) < 4.78 is 14.4. The van der Waals surface area contributed by atoms with Crippen molar-refractivity contribution in [2.45, 2.75) is 20.8 Å². The zero-order valence-electron chi connectivity index (χ0n) is 9.16. The first kappa shape index (κ1) is 11.8. The molecule has 0 N–H and O–H groups in total. The zero-order chi connectivity index (χ0) is 12.0. The highest BCUT2D eigenvalue weighted by Gasteiger charge is 2.15. The summed E-state index contributed by atoms with van der Waals surface area (Å²) in [6, 6.07) is 1.72. The van der Waals surface area contributed by atoms with Gasteiger partial charge < -0.3 is 0 Å². The predicted molar refractivity (Wildman–Crippen MR) is 68.6 cm³/mol. The van der Waals surface area contributed by atoms with Crippen LogP contribution in [0.4, 0.5) is 4.39 Å². The number of benzene rings is 1. The third kappa shape index (κ3) is 1.62. The average Bonchev–Trinajstić information content (AvgIpc) is 2.22. The lowest BCUT2D eigenvalue weighted by atomic mass is 10.1. The summed E-state index contributed by atoms with van der Waals surface area (Å²) in [5, 5.41) is 0.848. The fraction of sp³-hybridized carbons (Fsp3) is 0.250. The Balaban J connectivity index is 3.07. The molecule has 0 aliphatic heterocycles. The van der Waals surface area contributed by atoms with E-state index in [4.69, 9.17) is 11.6 Å². The minimum absolute atomic E-state index is 0.346. The molecule has 0 radical (unpaired) electrons. The minimum Gasteiger partial charge on any atom is -0.252 e. The van der Waals surface area contributed by atoms with Gasteiger partial charge in [0.1, 0.15) is 5.82 Å². The van der Waals surface area contributed by atoms with Crippen LogP contribution in [-0.4, -0.2) is 4.98 Å². The molecule has 1 aromatic carbocycles. The van der Waals surface area contributed by atoms with Crippen LogP contribution in [0.5, 0.6) is 0 Å². The van der Waals surface area contributed by atoms with Gasteiger partial charge in [-0.3, -0.25) is 4.98 Å². The molecular weight excluding hydrogens is 292 g/mol. The van der Waals surface area contributed by atoms with E-state index in [1.165, 1.54) is 0 Å². The third-order valence-corrected chi connectivity index (χ3v) is 3.80. The Kier molecular flexibility index (Phi) is 2.93. The van der Waals surface area contributed by atoms with Gasteiger partial charge in [0.05, 0.1) is 20.4 Å². The molecule has 16 heavy (non-hydrogen) atoms. The van der Waals surface area contributed by atoms with E-state index < -0.39 is 0 Å². The lowest BCUT2D eigenvalue weighted by Gasteiger charge is -2.11. The van der Waals surface area contributed by atoms with Crippen molar-refractivity contribution in [2.75, 3.05) is 0 Å². The van der Waals surface area contributed by atoms with Gasteiger partial charge in [-0.25, -0.2) is 4.39 Å². The van der Waals surface area contributed by atoms with Crippen molar-refractivity contribution < 1.29 is 4.39 Å². The highest BCUT2D eigenvalue weighted by atomic mass is 79.9. The van der Waals surface area contributed by atoms with Crippen molar-refractivity contribution in [3.05, 3.63) is 38.2 Å². The topological polar surface area (TPSA) is 12.9 Å². The smallest absolute Gasteiger partial charge is 0.148 e. The van der Waals surface area contributed by atoms with Crippen LogP contribution < -0.4 is 0 Å². The number of pyridine rings is 1. The van der Waals surface area contributed by atoms with Crippen LogP contribution in [0.2, 0.25) is 5.02 Å². The molecule has 2 aromatic rings. The Morgan fingerprint density at radius 1 is 1.31 bits per heavy atom. The molecule has 0 amide bonds. The molecule has 1 heterocycles. The molecule has 0 atom stereocenters. The number of rotatable bonds is 0. The van der Waals surface area contributed by atoms with Crippen LogP contribution in [0.25, 0.3) is 10.9 Å². The van der Waals surface area contributed by atoms with E-state index in [1.807, 2.05) is 20.8 Å². The monoisotopic (exact) mass is 301 g/mol. The first-order valence-corrected chi connectivity index (χ1v) is 6.01. The summed E-state index contributed by atoms with van der Waals surface area (Å²) in [4.78, 5) is 4.39. The number of hydrogen-bond donors (Lipinski definition) is 0. The number of fused-ring (bicyclic) bond motifs is 1. The summed E-state index contributed by atoms with van der Waals surface area (Å²) >= 11 is 9.36. The summed E-state index contributed by atoms with van der Waals surface area (Å²) in [6.07, 6.45) is 0. The molecular formula is C12H10BrClFN. The minimum atomic E-state index is -0.346. The number of aryl methyl sites for hydroxylation is 2. The standard InChI is InChI=1S/C12H10BrClFN/c1-5-4-8(13)11(15)9-10(14)6(2)7(3)16-12(5)9/h4H,1-3H3. The second-order valence-electron chi connectivity index (χ2n) is 3.85. The maximum atomic E-state index is 14.0. The fourth-order valence-corrected chi connectivity index (χ4v) is 2.54. The lowest BCUT2D eigenvalue weighted by molar-refractivity contribution is 0.632. The SMILES string of the molecule is Cc1nc2c(C)cc(Br)c(F)c2c(Cl)c1C. The second kappa shape index (κ2) is 3.97. The molecule has 2 rings (SSSR count). The molecule has 0 fully saturated rings. The summed E-state index contributed by atoms with van der Waals surface area (Å²) in [6.45, 7) is 5.62. The van der Waals surface area contributed by atoms with Crippen molar-refractivity contribution in [2.24, 2.45) is 0 Å². The van der Waals surface area contributed by atoms with Gasteiger partial charge >= 0.3 is 0 Å². The van der Waals surface area contributed by atoms with Gasteiger partial charge in [0.15, 0.2) is 0 Å². The maximum absolute atomic E-state index is 14.0. The van der Waals surface area contributed by atoms with Gasteiger partial charge in [0.2, 0.25) is 0 Å². The van der Waals surface area contributed by atoms with Crippen LogP contribution in [0, 0.1) is 26.6 Å². The summed E-state index contributed by atoms with van der Waals surface area (Å²) in [5.74, 6) is -0.346. The largest absolute Gasteiger partial charge is 0.252 e. The van der Waals surface area contributed by atoms with Gasteiger partial charge in [-0.15, -0.1) is 0 Å². The highest BCUT2D eigenvalue weighted by molar-refractivity contribution is 9.10. The van der Waals surface area contributed by atoms with E-state index >= 15 is 0 Å². The van der Waals surface area contributed by atoms with Gasteiger partial charge in [0.25, 0.3) is 0 Å². The van der Waals surface area contributed by atoms with Crippen molar-refractivity contribution >= 4 is 38.4 Å². The fourth-order valence-electron chi connectivity index (χ4n) is 1.68. The van der Waals surface area contributed by atoms with Crippen molar-refractivity contribution in [3.63, 3.8) is 0 Å². The van der Waals surface area contributed by atoms with Crippen LogP contribution >= 0.6 is 27.5 Å². The van der Waals surface area contributed by atoms with E-state index in [-0.39, 0.29) is 5.82 Å². The molecule has 0 saturated heterocycles. The molecule has 0 aliphatic rings. The van der Waals surface area contributed by atoms with Gasteiger partial charge in [0, 0.05) is 5.69 Å². The van der Waals surface area contributed by atoms with Crippen LogP contribution in [-0.2, 0) is 0 Å². The first-order valence-electron chi connectivity index (χ1n) is 4.84. The molecule has 0 saturated carbocycles. The predicted octanol–water partition coefficient (Wildman–Crippen LogP) is 4.72. The normalized spacial score (nSPS) is 11.1. The molecule has 0 bridgehead atoms. The Hall–Kier alpha value is -0.670. The van der Waals surface area contributed by atoms with Crippen LogP contribution in [0.3, 0.4) is 0 Å². The molecule has 84 valence electrons. The summed E-state index contributed by atoms with van der Waals surface area (Å²) in [5.41, 5.74) is 3.20. The summed E-state index contributed by atoms with van der Waals surface area (Å²) in [7, 11) is 0. The van der Waals surface area contributed by atoms with E-state index in [9.17, 15) is 4.39 Å². The molecule has 4 heteroatoms. The van der Waals surface area contributed by atoms with Crippen molar-refractivity contribution in [1.82, 2.24) is 4.98 Å². The Bertz CT molecular complexity index is 596. The zero-order valence-corrected chi connectivity index (χ0v) is 11.5. The van der Waals surface area contributed by atoms with Crippen molar-refractivity contribution in [3.8, 4) is 0 Å². The number of aromatic nitrogens is 1. The van der Waals surface area contributed by atoms with Crippen LogP contribution in [0.1, 0.15) is 16.8 Å². The van der Waals surface area contributed by atoms with E-state index in [0.717, 1.165) is 16.8 Å². The average molecular weight is 303 g/mol. The number of halogens is 3. The highest BCUT2D eigenvalue weighted by Crippen LogP contribution is 2.34. The van der Waals surface area contributed by atoms with Crippen molar-refractivity contribution in [1.29, 1.82) is 0 Å². The van der Waals surface area contributed by atoms with Gasteiger partial charge in [-0.2, -0.15) is 0 Å². The molecule has 0 unspecified atom stereocenters. The van der Waals surface area contributed by atoms with E-state index in [0.29, 0.717) is 20.4 Å². The third-order valence-electron chi connectivity index (χ3n) is 2.75. The maximum Gasteiger partial charge on any atom is 0.148 e. The number of nitrogens with zero attached hydrogens (tertiary/aromatic N) is 1. The Morgan fingerprint density at radius 2 is 1.94 bits per heavy atom. The van der Waals surface area contributed by atoms with Gasteiger partial charge in [-0.05, 0) is 53.9 Å².